The molecule has 1 aromatic carbocycles. The van der Waals surface area contributed by atoms with E-state index >= 15 is 0 Å². The number of primary amides is 1. The van der Waals surface area contributed by atoms with E-state index in [9.17, 15) is 14.7 Å². The Balaban J connectivity index is 1.86. The Morgan fingerprint density at radius 2 is 1.85 bits per heavy atom. The maximum atomic E-state index is 12.2. The third-order valence-corrected chi connectivity index (χ3v) is 4.00. The molecular weight excluding hydrogens is 338 g/mol. The van der Waals surface area contributed by atoms with Crippen LogP contribution >= 0.6 is 0 Å². The highest BCUT2D eigenvalue weighted by molar-refractivity contribution is 5.99. The smallest absolute Gasteiger partial charge is 0.274 e. The highest BCUT2D eigenvalue weighted by Crippen LogP contribution is 2.35. The highest BCUT2D eigenvalue weighted by Gasteiger charge is 2.29. The maximum absolute atomic E-state index is 12.2. The van der Waals surface area contributed by atoms with Gasteiger partial charge in [-0.2, -0.15) is 0 Å². The van der Waals surface area contributed by atoms with Crippen LogP contribution in [-0.4, -0.2) is 40.7 Å². The van der Waals surface area contributed by atoms with Gasteiger partial charge in [0.25, 0.3) is 5.91 Å². The molecule has 4 N–H and O–H groups in total. The molecule has 0 radical (unpaired) electrons. The zero-order chi connectivity index (χ0) is 18.9. The lowest BCUT2D eigenvalue weighted by atomic mass is 10.0. The zero-order valence-corrected chi connectivity index (χ0v) is 14.4. The van der Waals surface area contributed by atoms with Crippen LogP contribution in [0.2, 0.25) is 0 Å². The van der Waals surface area contributed by atoms with Gasteiger partial charge in [-0.05, 0) is 37.6 Å². The van der Waals surface area contributed by atoms with Gasteiger partial charge < -0.3 is 25.6 Å². The van der Waals surface area contributed by atoms with Gasteiger partial charge in [0.15, 0.2) is 17.2 Å². The molecule has 0 aliphatic carbocycles. The Morgan fingerprint density at radius 1 is 1.15 bits per heavy atom. The molecule has 8 heteroatoms. The van der Waals surface area contributed by atoms with Crippen molar-refractivity contribution in [3.63, 3.8) is 0 Å². The van der Waals surface area contributed by atoms with Gasteiger partial charge in [-0.1, -0.05) is 6.07 Å². The molecule has 0 fully saturated rings. The van der Waals surface area contributed by atoms with Crippen molar-refractivity contribution in [2.24, 2.45) is 5.73 Å². The second-order valence-electron chi connectivity index (χ2n) is 6.39. The zero-order valence-electron chi connectivity index (χ0n) is 14.4. The van der Waals surface area contributed by atoms with Gasteiger partial charge in [-0.15, -0.1) is 0 Å². The number of hydrogen-bond donors (Lipinski definition) is 3. The number of benzene rings is 1. The first-order chi connectivity index (χ1) is 12.3. The maximum Gasteiger partial charge on any atom is 0.274 e. The molecule has 0 saturated heterocycles. The predicted octanol–water partition coefficient (Wildman–Crippen LogP) is 1.22. The average molecular weight is 357 g/mol. The summed E-state index contributed by atoms with van der Waals surface area (Å²) in [5.74, 6) is -0.437. The summed E-state index contributed by atoms with van der Waals surface area (Å²) in [7, 11) is 0. The van der Waals surface area contributed by atoms with Gasteiger partial charge in [0.1, 0.15) is 24.5 Å². The number of nitrogens with zero attached hydrogens (tertiary/aromatic N) is 1. The topological polar surface area (TPSA) is 124 Å². The molecule has 0 saturated carbocycles. The van der Waals surface area contributed by atoms with Crippen LogP contribution in [0, 0.1) is 0 Å². The van der Waals surface area contributed by atoms with Crippen LogP contribution in [0.3, 0.4) is 0 Å². The van der Waals surface area contributed by atoms with Crippen molar-refractivity contribution in [3.05, 3.63) is 36.2 Å². The molecule has 0 atom stereocenters. The fraction of sp³-hybridized carbons (Fsp3) is 0.278. The quantitative estimate of drug-likeness (QED) is 0.756. The SMILES string of the molecule is CC(C)(NC(=O)c1ncc(-c2ccc3c(c2)OCCO3)cc1O)C(N)=O. The number of ether oxygens (including phenoxy) is 2. The summed E-state index contributed by atoms with van der Waals surface area (Å²) < 4.78 is 11.0. The number of hydrogen-bond acceptors (Lipinski definition) is 6. The summed E-state index contributed by atoms with van der Waals surface area (Å²) in [6.45, 7) is 3.90. The summed E-state index contributed by atoms with van der Waals surface area (Å²) in [4.78, 5) is 27.6. The van der Waals surface area contributed by atoms with Gasteiger partial charge in [0.05, 0.1) is 0 Å². The Bertz CT molecular complexity index is 879. The number of rotatable bonds is 4. The Morgan fingerprint density at radius 3 is 2.50 bits per heavy atom. The van der Waals surface area contributed by atoms with Crippen molar-refractivity contribution in [2.45, 2.75) is 19.4 Å². The van der Waals surface area contributed by atoms with E-state index in [4.69, 9.17) is 15.2 Å². The minimum absolute atomic E-state index is 0.194. The van der Waals surface area contributed by atoms with Crippen molar-refractivity contribution in [1.29, 1.82) is 0 Å². The number of nitrogens with two attached hydrogens (primary N) is 1. The molecule has 2 heterocycles. The van der Waals surface area contributed by atoms with Gasteiger partial charge in [-0.3, -0.25) is 9.59 Å². The van der Waals surface area contributed by atoms with E-state index < -0.39 is 17.4 Å². The third-order valence-electron chi connectivity index (χ3n) is 4.00. The molecule has 0 bridgehead atoms. The number of carbonyl (C=O) groups excluding carboxylic acids is 2. The lowest BCUT2D eigenvalue weighted by Gasteiger charge is -2.22. The number of pyridine rings is 1. The summed E-state index contributed by atoms with van der Waals surface area (Å²) in [6, 6.07) is 6.78. The fourth-order valence-corrected chi connectivity index (χ4v) is 2.41. The van der Waals surface area contributed by atoms with Crippen LogP contribution in [0.15, 0.2) is 30.5 Å². The molecule has 0 unspecified atom stereocenters. The Kier molecular flexibility index (Phi) is 4.41. The van der Waals surface area contributed by atoms with Crippen molar-refractivity contribution in [1.82, 2.24) is 10.3 Å². The van der Waals surface area contributed by atoms with E-state index in [1.807, 2.05) is 0 Å². The normalized spacial score (nSPS) is 13.2. The van der Waals surface area contributed by atoms with Crippen molar-refractivity contribution >= 4 is 11.8 Å². The monoisotopic (exact) mass is 357 g/mol. The largest absolute Gasteiger partial charge is 0.505 e. The summed E-state index contributed by atoms with van der Waals surface area (Å²) >= 11 is 0. The molecule has 1 aromatic heterocycles. The molecule has 0 spiro atoms. The lowest BCUT2D eigenvalue weighted by Crippen LogP contribution is -2.53. The fourth-order valence-electron chi connectivity index (χ4n) is 2.41. The third kappa shape index (κ3) is 3.39. The number of carbonyl (C=O) groups is 2. The lowest BCUT2D eigenvalue weighted by molar-refractivity contribution is -0.122. The van der Waals surface area contributed by atoms with Crippen molar-refractivity contribution < 1.29 is 24.2 Å². The molecule has 2 aromatic rings. The van der Waals surface area contributed by atoms with Gasteiger partial charge in [0, 0.05) is 11.8 Å². The molecule has 2 amide bonds. The van der Waals surface area contributed by atoms with Crippen LogP contribution in [0.4, 0.5) is 0 Å². The summed E-state index contributed by atoms with van der Waals surface area (Å²) in [5, 5.41) is 12.6. The Labute approximate surface area is 149 Å². The molecular formula is C18H19N3O5. The van der Waals surface area contributed by atoms with E-state index in [0.717, 1.165) is 5.56 Å². The van der Waals surface area contributed by atoms with E-state index in [1.54, 1.807) is 18.2 Å². The predicted molar refractivity (Wildman–Crippen MR) is 93.1 cm³/mol. The molecule has 1 aliphatic rings. The number of fused-ring (bicyclic) bond motifs is 1. The van der Waals surface area contributed by atoms with E-state index in [1.165, 1.54) is 26.1 Å². The van der Waals surface area contributed by atoms with Crippen molar-refractivity contribution in [3.8, 4) is 28.4 Å². The standard InChI is InChI=1S/C18H19N3O5/c1-18(2,17(19)24)21-16(23)15-12(22)7-11(9-20-15)10-3-4-13-14(8-10)26-6-5-25-13/h3-4,7-9,22H,5-6H2,1-2H3,(H2,19,24)(H,21,23). The minimum atomic E-state index is -1.26. The first-order valence-electron chi connectivity index (χ1n) is 7.99. The molecule has 3 rings (SSSR count). The average Bonchev–Trinajstić information content (AvgIpc) is 2.60. The molecule has 1 aliphatic heterocycles. The molecule has 26 heavy (non-hydrogen) atoms. The van der Waals surface area contributed by atoms with E-state index in [2.05, 4.69) is 10.3 Å². The van der Waals surface area contributed by atoms with E-state index in [0.29, 0.717) is 30.3 Å². The highest BCUT2D eigenvalue weighted by atomic mass is 16.6. The van der Waals surface area contributed by atoms with Gasteiger partial charge in [-0.25, -0.2) is 4.98 Å². The summed E-state index contributed by atoms with van der Waals surface area (Å²) in [5.41, 5.74) is 5.13. The molecule has 8 nitrogen and oxygen atoms in total. The van der Waals surface area contributed by atoms with E-state index in [-0.39, 0.29) is 11.4 Å². The van der Waals surface area contributed by atoms with Crippen molar-refractivity contribution in [2.75, 3.05) is 13.2 Å². The molecule has 136 valence electrons. The second-order valence-corrected chi connectivity index (χ2v) is 6.39. The summed E-state index contributed by atoms with van der Waals surface area (Å²) in [6.07, 6.45) is 1.46. The van der Waals surface area contributed by atoms with Crippen LogP contribution in [0.1, 0.15) is 24.3 Å². The van der Waals surface area contributed by atoms with Crippen LogP contribution < -0.4 is 20.5 Å². The van der Waals surface area contributed by atoms with Gasteiger partial charge >= 0.3 is 0 Å². The Hall–Kier alpha value is -3.29. The number of nitrogens with one attached hydrogen (secondary N) is 1. The second kappa shape index (κ2) is 6.55. The number of aromatic hydroxyl groups is 1. The van der Waals surface area contributed by atoms with Gasteiger partial charge in [0.2, 0.25) is 5.91 Å². The first kappa shape index (κ1) is 17.5. The number of amides is 2. The van der Waals surface area contributed by atoms with Crippen LogP contribution in [0.5, 0.6) is 17.2 Å². The van der Waals surface area contributed by atoms with Crippen LogP contribution in [-0.2, 0) is 4.79 Å². The minimum Gasteiger partial charge on any atom is -0.505 e. The van der Waals surface area contributed by atoms with Crippen LogP contribution in [0.25, 0.3) is 11.1 Å². The number of aromatic nitrogens is 1. The first-order valence-corrected chi connectivity index (χ1v) is 7.99.